The predicted octanol–water partition coefficient (Wildman–Crippen LogP) is 4.91. The summed E-state index contributed by atoms with van der Waals surface area (Å²) in [5.74, 6) is 0.774. The fourth-order valence-electron chi connectivity index (χ4n) is 2.84. The Balaban J connectivity index is 1.81. The number of hydrogen-bond donors (Lipinski definition) is 0. The van der Waals surface area contributed by atoms with Gasteiger partial charge in [-0.05, 0) is 43.4 Å². The second kappa shape index (κ2) is 8.08. The molecule has 0 unspecified atom stereocenters. The van der Waals surface area contributed by atoms with Crippen molar-refractivity contribution in [3.05, 3.63) is 29.8 Å². The minimum absolute atomic E-state index is 0.0385. The topological polar surface area (TPSA) is 26.3 Å². The monoisotopic (exact) mass is 274 g/mol. The number of carbonyl (C=O) groups excluding carboxylic acids is 1. The highest BCUT2D eigenvalue weighted by Crippen LogP contribution is 2.25. The van der Waals surface area contributed by atoms with E-state index in [4.69, 9.17) is 4.74 Å². The summed E-state index contributed by atoms with van der Waals surface area (Å²) in [4.78, 5) is 12.0. The standard InChI is InChI=1S/C18H26O2/c1-2-3-5-8-15-11-13-17(14-12-15)20-18(19)16-9-6-4-7-10-16/h11-14,16H,2-10H2,1H3. The third-order valence-corrected chi connectivity index (χ3v) is 4.15. The van der Waals surface area contributed by atoms with E-state index < -0.39 is 0 Å². The zero-order valence-electron chi connectivity index (χ0n) is 12.6. The highest BCUT2D eigenvalue weighted by atomic mass is 16.5. The molecular weight excluding hydrogens is 248 g/mol. The second-order valence-electron chi connectivity index (χ2n) is 5.86. The molecule has 2 nitrogen and oxygen atoms in total. The summed E-state index contributed by atoms with van der Waals surface area (Å²) in [6.45, 7) is 2.22. The Labute approximate surface area is 122 Å². The third kappa shape index (κ3) is 4.66. The van der Waals surface area contributed by atoms with Crippen molar-refractivity contribution in [2.75, 3.05) is 0 Å². The van der Waals surface area contributed by atoms with Gasteiger partial charge in [-0.1, -0.05) is 51.2 Å². The van der Waals surface area contributed by atoms with Gasteiger partial charge in [0.15, 0.2) is 0 Å². The summed E-state index contributed by atoms with van der Waals surface area (Å²) in [5, 5.41) is 0. The molecule has 0 spiro atoms. The lowest BCUT2D eigenvalue weighted by Gasteiger charge is -2.19. The van der Waals surface area contributed by atoms with Crippen molar-refractivity contribution >= 4 is 5.97 Å². The second-order valence-corrected chi connectivity index (χ2v) is 5.86. The summed E-state index contributed by atoms with van der Waals surface area (Å²) in [6, 6.07) is 8.03. The van der Waals surface area contributed by atoms with Crippen molar-refractivity contribution in [2.24, 2.45) is 5.92 Å². The molecule has 0 N–H and O–H groups in total. The molecule has 2 heteroatoms. The highest BCUT2D eigenvalue weighted by molar-refractivity contribution is 5.75. The molecule has 1 fully saturated rings. The quantitative estimate of drug-likeness (QED) is 0.419. The van der Waals surface area contributed by atoms with E-state index >= 15 is 0 Å². The average Bonchev–Trinajstić information content (AvgIpc) is 2.50. The molecule has 110 valence electrons. The van der Waals surface area contributed by atoms with Crippen LogP contribution in [0.1, 0.15) is 63.9 Å². The minimum Gasteiger partial charge on any atom is -0.426 e. The Morgan fingerprint density at radius 1 is 1.10 bits per heavy atom. The number of carbonyl (C=O) groups is 1. The molecule has 0 heterocycles. The fraction of sp³-hybridized carbons (Fsp3) is 0.611. The molecule has 0 saturated heterocycles. The Bertz CT molecular complexity index is 402. The first-order valence-corrected chi connectivity index (χ1v) is 8.10. The van der Waals surface area contributed by atoms with Crippen molar-refractivity contribution in [1.82, 2.24) is 0 Å². The lowest BCUT2D eigenvalue weighted by Crippen LogP contribution is -2.22. The normalized spacial score (nSPS) is 16.1. The van der Waals surface area contributed by atoms with Crippen LogP contribution in [0, 0.1) is 5.92 Å². The van der Waals surface area contributed by atoms with Crippen LogP contribution in [0.2, 0.25) is 0 Å². The lowest BCUT2D eigenvalue weighted by molar-refractivity contribution is -0.139. The van der Waals surface area contributed by atoms with Crippen LogP contribution in [0.15, 0.2) is 24.3 Å². The molecule has 1 aliphatic rings. The molecule has 1 aliphatic carbocycles. The van der Waals surface area contributed by atoms with Crippen LogP contribution in [-0.2, 0) is 11.2 Å². The zero-order valence-corrected chi connectivity index (χ0v) is 12.6. The molecule has 1 saturated carbocycles. The van der Waals surface area contributed by atoms with Gasteiger partial charge in [-0.3, -0.25) is 4.79 Å². The summed E-state index contributed by atoms with van der Waals surface area (Å²) in [6.07, 6.45) is 10.4. The van der Waals surface area contributed by atoms with Crippen LogP contribution in [-0.4, -0.2) is 5.97 Å². The largest absolute Gasteiger partial charge is 0.426 e. The smallest absolute Gasteiger partial charge is 0.314 e. The van der Waals surface area contributed by atoms with Crippen LogP contribution in [0.4, 0.5) is 0 Å². The fourth-order valence-corrected chi connectivity index (χ4v) is 2.84. The van der Waals surface area contributed by atoms with Gasteiger partial charge in [0.05, 0.1) is 5.92 Å². The van der Waals surface area contributed by atoms with Gasteiger partial charge >= 0.3 is 5.97 Å². The van der Waals surface area contributed by atoms with E-state index in [-0.39, 0.29) is 11.9 Å². The van der Waals surface area contributed by atoms with Crippen molar-refractivity contribution in [3.8, 4) is 5.75 Å². The summed E-state index contributed by atoms with van der Waals surface area (Å²) >= 11 is 0. The maximum atomic E-state index is 12.0. The van der Waals surface area contributed by atoms with E-state index in [0.717, 1.165) is 32.1 Å². The van der Waals surface area contributed by atoms with E-state index in [0.29, 0.717) is 5.75 Å². The zero-order chi connectivity index (χ0) is 14.2. The first kappa shape index (κ1) is 15.1. The van der Waals surface area contributed by atoms with Crippen molar-refractivity contribution in [2.45, 2.75) is 64.7 Å². The molecule has 1 aromatic rings. The average molecular weight is 274 g/mol. The summed E-state index contributed by atoms with van der Waals surface area (Å²) in [5.41, 5.74) is 1.33. The molecule has 0 radical (unpaired) electrons. The van der Waals surface area contributed by atoms with E-state index in [2.05, 4.69) is 19.1 Å². The van der Waals surface area contributed by atoms with Gasteiger partial charge in [-0.25, -0.2) is 0 Å². The molecule has 0 aromatic heterocycles. The Hall–Kier alpha value is -1.31. The van der Waals surface area contributed by atoms with Crippen LogP contribution in [0.25, 0.3) is 0 Å². The first-order chi connectivity index (χ1) is 9.79. The van der Waals surface area contributed by atoms with Gasteiger partial charge < -0.3 is 4.74 Å². The van der Waals surface area contributed by atoms with Gasteiger partial charge in [0, 0.05) is 0 Å². The van der Waals surface area contributed by atoms with E-state index in [9.17, 15) is 4.79 Å². The molecule has 0 amide bonds. The number of benzene rings is 1. The number of esters is 1. The minimum atomic E-state index is -0.0385. The summed E-state index contributed by atoms with van der Waals surface area (Å²) in [7, 11) is 0. The Morgan fingerprint density at radius 3 is 2.45 bits per heavy atom. The Kier molecular flexibility index (Phi) is 6.10. The highest BCUT2D eigenvalue weighted by Gasteiger charge is 2.22. The molecule has 2 rings (SSSR count). The van der Waals surface area contributed by atoms with Gasteiger partial charge in [0.1, 0.15) is 5.75 Å². The molecular formula is C18H26O2. The number of hydrogen-bond acceptors (Lipinski definition) is 2. The van der Waals surface area contributed by atoms with Gasteiger partial charge in [0.2, 0.25) is 0 Å². The number of rotatable bonds is 6. The maximum absolute atomic E-state index is 12.0. The number of aryl methyl sites for hydroxylation is 1. The molecule has 1 aromatic carbocycles. The van der Waals surface area contributed by atoms with Crippen LogP contribution in [0.3, 0.4) is 0 Å². The maximum Gasteiger partial charge on any atom is 0.314 e. The third-order valence-electron chi connectivity index (χ3n) is 4.15. The van der Waals surface area contributed by atoms with Crippen LogP contribution in [0.5, 0.6) is 5.75 Å². The van der Waals surface area contributed by atoms with E-state index in [1.54, 1.807) is 0 Å². The van der Waals surface area contributed by atoms with E-state index in [1.165, 1.54) is 31.2 Å². The lowest BCUT2D eigenvalue weighted by atomic mass is 9.89. The van der Waals surface area contributed by atoms with Crippen molar-refractivity contribution < 1.29 is 9.53 Å². The first-order valence-electron chi connectivity index (χ1n) is 8.10. The van der Waals surface area contributed by atoms with Gasteiger partial charge in [0.25, 0.3) is 0 Å². The van der Waals surface area contributed by atoms with Crippen molar-refractivity contribution in [3.63, 3.8) is 0 Å². The summed E-state index contributed by atoms with van der Waals surface area (Å²) < 4.78 is 5.50. The Morgan fingerprint density at radius 2 is 1.80 bits per heavy atom. The van der Waals surface area contributed by atoms with E-state index in [1.807, 2.05) is 12.1 Å². The van der Waals surface area contributed by atoms with Gasteiger partial charge in [-0.2, -0.15) is 0 Å². The number of unbranched alkanes of at least 4 members (excludes halogenated alkanes) is 2. The predicted molar refractivity (Wildman–Crippen MR) is 81.9 cm³/mol. The molecule has 20 heavy (non-hydrogen) atoms. The van der Waals surface area contributed by atoms with Crippen LogP contribution < -0.4 is 4.74 Å². The van der Waals surface area contributed by atoms with Gasteiger partial charge in [-0.15, -0.1) is 0 Å². The van der Waals surface area contributed by atoms with Crippen LogP contribution >= 0.6 is 0 Å². The number of ether oxygens (including phenoxy) is 1. The molecule has 0 bridgehead atoms. The van der Waals surface area contributed by atoms with Crippen molar-refractivity contribution in [1.29, 1.82) is 0 Å². The SMILES string of the molecule is CCCCCc1ccc(OC(=O)C2CCCCC2)cc1. The molecule has 0 atom stereocenters. The molecule has 0 aliphatic heterocycles.